The van der Waals surface area contributed by atoms with Gasteiger partial charge >= 0.3 is 0 Å². The highest BCUT2D eigenvalue weighted by atomic mass is 35.5. The van der Waals surface area contributed by atoms with Crippen LogP contribution in [-0.4, -0.2) is 11.0 Å². The van der Waals surface area contributed by atoms with Gasteiger partial charge in [0.25, 0.3) is 0 Å². The minimum absolute atomic E-state index is 0.126. The Morgan fingerprint density at radius 1 is 1.47 bits per heavy atom. The van der Waals surface area contributed by atoms with E-state index in [4.69, 9.17) is 22.1 Å². The zero-order chi connectivity index (χ0) is 13.8. The number of aryl methyl sites for hydroxylation is 1. The average Bonchev–Trinajstić information content (AvgIpc) is 2.73. The third kappa shape index (κ3) is 4.20. The van der Waals surface area contributed by atoms with Crippen molar-refractivity contribution >= 4 is 22.9 Å². The van der Waals surface area contributed by atoms with Crippen LogP contribution in [0.1, 0.15) is 23.2 Å². The van der Waals surface area contributed by atoms with Crippen molar-refractivity contribution < 1.29 is 4.74 Å². The fourth-order valence-electron chi connectivity index (χ4n) is 1.77. The van der Waals surface area contributed by atoms with Gasteiger partial charge in [0.15, 0.2) is 0 Å². The monoisotopic (exact) mass is 296 g/mol. The summed E-state index contributed by atoms with van der Waals surface area (Å²) in [4.78, 5) is 4.35. The van der Waals surface area contributed by atoms with Crippen molar-refractivity contribution in [3.05, 3.63) is 44.9 Å². The van der Waals surface area contributed by atoms with Crippen molar-refractivity contribution in [3.63, 3.8) is 0 Å². The SMILES string of the molecule is Cc1csc(COc2ccc(CC(C)N)cc2Cl)n1. The first kappa shape index (κ1) is 14.3. The minimum atomic E-state index is 0.126. The summed E-state index contributed by atoms with van der Waals surface area (Å²) < 4.78 is 5.68. The van der Waals surface area contributed by atoms with Crippen LogP contribution in [0.4, 0.5) is 0 Å². The summed E-state index contributed by atoms with van der Waals surface area (Å²) in [6, 6.07) is 5.92. The third-order valence-electron chi connectivity index (χ3n) is 2.57. The summed E-state index contributed by atoms with van der Waals surface area (Å²) in [6.45, 7) is 4.39. The summed E-state index contributed by atoms with van der Waals surface area (Å²) in [5, 5.41) is 3.58. The quantitative estimate of drug-likeness (QED) is 0.917. The molecule has 1 unspecified atom stereocenters. The highest BCUT2D eigenvalue weighted by Crippen LogP contribution is 2.27. The summed E-state index contributed by atoms with van der Waals surface area (Å²) in [6.07, 6.45) is 0.811. The Labute approximate surface area is 122 Å². The largest absolute Gasteiger partial charge is 0.485 e. The van der Waals surface area contributed by atoms with Gasteiger partial charge in [-0.3, -0.25) is 0 Å². The van der Waals surface area contributed by atoms with Crippen molar-refractivity contribution in [1.29, 1.82) is 0 Å². The van der Waals surface area contributed by atoms with Gasteiger partial charge in [0.05, 0.1) is 5.02 Å². The van der Waals surface area contributed by atoms with Crippen LogP contribution in [-0.2, 0) is 13.0 Å². The number of hydrogen-bond donors (Lipinski definition) is 1. The van der Waals surface area contributed by atoms with E-state index in [1.165, 1.54) is 0 Å². The number of nitrogens with two attached hydrogens (primary N) is 1. The lowest BCUT2D eigenvalue weighted by Gasteiger charge is -2.09. The summed E-state index contributed by atoms with van der Waals surface area (Å²) in [7, 11) is 0. The number of hydrogen-bond acceptors (Lipinski definition) is 4. The summed E-state index contributed by atoms with van der Waals surface area (Å²) >= 11 is 7.79. The Hall–Kier alpha value is -1.10. The van der Waals surface area contributed by atoms with Crippen LogP contribution in [0.3, 0.4) is 0 Å². The van der Waals surface area contributed by atoms with Crippen LogP contribution in [0.15, 0.2) is 23.6 Å². The van der Waals surface area contributed by atoms with E-state index in [0.29, 0.717) is 17.4 Å². The van der Waals surface area contributed by atoms with Crippen LogP contribution in [0.5, 0.6) is 5.75 Å². The van der Waals surface area contributed by atoms with Crippen LogP contribution in [0.25, 0.3) is 0 Å². The second-order valence-corrected chi connectivity index (χ2v) is 5.97. The van der Waals surface area contributed by atoms with Gasteiger partial charge in [-0.2, -0.15) is 0 Å². The zero-order valence-corrected chi connectivity index (χ0v) is 12.6. The Balaban J connectivity index is 2.00. The molecular formula is C14H17ClN2OS. The predicted octanol–water partition coefficient (Wildman–Crippen LogP) is 3.57. The van der Waals surface area contributed by atoms with Crippen LogP contribution < -0.4 is 10.5 Å². The predicted molar refractivity (Wildman–Crippen MR) is 80.0 cm³/mol. The molecule has 1 aromatic heterocycles. The van der Waals surface area contributed by atoms with Crippen molar-refractivity contribution in [1.82, 2.24) is 4.98 Å². The van der Waals surface area contributed by atoms with Gasteiger partial charge < -0.3 is 10.5 Å². The second-order valence-electron chi connectivity index (χ2n) is 4.62. The van der Waals surface area contributed by atoms with E-state index in [2.05, 4.69) is 4.98 Å². The van der Waals surface area contributed by atoms with Gasteiger partial charge in [-0.15, -0.1) is 11.3 Å². The molecule has 2 N–H and O–H groups in total. The molecule has 0 bridgehead atoms. The molecule has 0 amide bonds. The first-order chi connectivity index (χ1) is 9.04. The van der Waals surface area contributed by atoms with Crippen LogP contribution in [0.2, 0.25) is 5.02 Å². The topological polar surface area (TPSA) is 48.1 Å². The summed E-state index contributed by atoms with van der Waals surface area (Å²) in [5.74, 6) is 0.683. The Bertz CT molecular complexity index is 554. The normalized spacial score (nSPS) is 12.4. The maximum atomic E-state index is 6.20. The molecule has 0 aliphatic rings. The Kier molecular flexibility index (Phi) is 4.80. The van der Waals surface area contributed by atoms with E-state index in [1.807, 2.05) is 37.4 Å². The molecule has 0 spiro atoms. The molecule has 0 radical (unpaired) electrons. The molecule has 5 heteroatoms. The molecule has 102 valence electrons. The van der Waals surface area contributed by atoms with E-state index < -0.39 is 0 Å². The van der Waals surface area contributed by atoms with Gasteiger partial charge in [0.1, 0.15) is 17.4 Å². The van der Waals surface area contributed by atoms with Crippen LogP contribution in [0, 0.1) is 6.92 Å². The van der Waals surface area contributed by atoms with Crippen molar-refractivity contribution in [2.45, 2.75) is 32.9 Å². The molecule has 1 atom stereocenters. The van der Waals surface area contributed by atoms with Crippen molar-refractivity contribution in [3.8, 4) is 5.75 Å². The maximum absolute atomic E-state index is 6.20. The van der Waals surface area contributed by atoms with E-state index in [0.717, 1.165) is 22.7 Å². The number of ether oxygens (including phenoxy) is 1. The van der Waals surface area contributed by atoms with Gasteiger partial charge in [-0.25, -0.2) is 4.98 Å². The fourth-order valence-corrected chi connectivity index (χ4v) is 2.71. The lowest BCUT2D eigenvalue weighted by Crippen LogP contribution is -2.17. The van der Waals surface area contributed by atoms with E-state index in [9.17, 15) is 0 Å². The molecule has 0 aliphatic heterocycles. The first-order valence-electron chi connectivity index (χ1n) is 6.12. The number of rotatable bonds is 5. The van der Waals surface area contributed by atoms with E-state index in [1.54, 1.807) is 11.3 Å². The van der Waals surface area contributed by atoms with Gasteiger partial charge in [0, 0.05) is 17.1 Å². The van der Waals surface area contributed by atoms with Crippen molar-refractivity contribution in [2.75, 3.05) is 0 Å². The lowest BCUT2D eigenvalue weighted by molar-refractivity contribution is 0.305. The van der Waals surface area contributed by atoms with Crippen LogP contribution >= 0.6 is 22.9 Å². The molecule has 3 nitrogen and oxygen atoms in total. The highest BCUT2D eigenvalue weighted by Gasteiger charge is 2.06. The molecule has 2 aromatic rings. The minimum Gasteiger partial charge on any atom is -0.485 e. The zero-order valence-electron chi connectivity index (χ0n) is 11.0. The highest BCUT2D eigenvalue weighted by molar-refractivity contribution is 7.09. The molecule has 1 heterocycles. The van der Waals surface area contributed by atoms with Gasteiger partial charge in [-0.05, 0) is 38.0 Å². The number of nitrogens with zero attached hydrogens (tertiary/aromatic N) is 1. The van der Waals surface area contributed by atoms with E-state index >= 15 is 0 Å². The molecule has 19 heavy (non-hydrogen) atoms. The molecule has 2 rings (SSSR count). The number of aromatic nitrogens is 1. The molecular weight excluding hydrogens is 280 g/mol. The number of thiazole rings is 1. The lowest BCUT2D eigenvalue weighted by atomic mass is 10.1. The molecule has 0 saturated carbocycles. The number of halogens is 1. The molecule has 0 aliphatic carbocycles. The Morgan fingerprint density at radius 3 is 2.84 bits per heavy atom. The Morgan fingerprint density at radius 2 is 2.26 bits per heavy atom. The standard InChI is InChI=1S/C14H17ClN2OS/c1-9(16)5-11-3-4-13(12(15)6-11)18-7-14-17-10(2)8-19-14/h3-4,6,8-9H,5,7,16H2,1-2H3. The average molecular weight is 297 g/mol. The van der Waals surface area contributed by atoms with Crippen molar-refractivity contribution in [2.24, 2.45) is 5.73 Å². The van der Waals surface area contributed by atoms with E-state index in [-0.39, 0.29) is 6.04 Å². The van der Waals surface area contributed by atoms with Gasteiger partial charge in [-0.1, -0.05) is 17.7 Å². The fraction of sp³-hybridized carbons (Fsp3) is 0.357. The third-order valence-corrected chi connectivity index (χ3v) is 3.81. The smallest absolute Gasteiger partial charge is 0.140 e. The molecule has 1 aromatic carbocycles. The molecule has 0 saturated heterocycles. The second kappa shape index (κ2) is 6.37. The molecule has 0 fully saturated rings. The maximum Gasteiger partial charge on any atom is 0.140 e. The van der Waals surface area contributed by atoms with Gasteiger partial charge in [0.2, 0.25) is 0 Å². The first-order valence-corrected chi connectivity index (χ1v) is 7.38. The summed E-state index contributed by atoms with van der Waals surface area (Å²) in [5.41, 5.74) is 7.91. The number of benzene rings is 1.